The van der Waals surface area contributed by atoms with Crippen molar-refractivity contribution in [3.63, 3.8) is 0 Å². The Morgan fingerprint density at radius 2 is 1.86 bits per heavy atom. The summed E-state index contributed by atoms with van der Waals surface area (Å²) in [5, 5.41) is 0. The van der Waals surface area contributed by atoms with Gasteiger partial charge in [-0.3, -0.25) is 14.5 Å². The zero-order valence-corrected chi connectivity index (χ0v) is 12.5. The summed E-state index contributed by atoms with van der Waals surface area (Å²) >= 11 is 0. The fourth-order valence-corrected chi connectivity index (χ4v) is 2.25. The molecule has 0 radical (unpaired) electrons. The third kappa shape index (κ3) is 3.24. The highest BCUT2D eigenvalue weighted by Crippen LogP contribution is 2.37. The molecule has 0 saturated carbocycles. The lowest BCUT2D eigenvalue weighted by Crippen LogP contribution is -2.37. The lowest BCUT2D eigenvalue weighted by molar-refractivity contribution is -0.147. The maximum atomic E-state index is 12.3. The van der Waals surface area contributed by atoms with Crippen molar-refractivity contribution in [3.8, 4) is 0 Å². The van der Waals surface area contributed by atoms with Crippen molar-refractivity contribution >= 4 is 23.3 Å². The Bertz CT molecular complexity index is 568. The number of nitrogens with zero attached hydrogens (tertiary/aromatic N) is 2. The van der Waals surface area contributed by atoms with Gasteiger partial charge in [0.25, 0.3) is 5.91 Å². The molecule has 0 aliphatic carbocycles. The highest BCUT2D eigenvalue weighted by atomic mass is 16.5. The van der Waals surface area contributed by atoms with E-state index in [0.717, 1.165) is 17.1 Å². The van der Waals surface area contributed by atoms with E-state index in [9.17, 15) is 9.59 Å². The number of amides is 1. The molecule has 112 valence electrons. The Morgan fingerprint density at radius 3 is 2.43 bits per heavy atom. The number of rotatable bonds is 5. The highest BCUT2D eigenvalue weighted by molar-refractivity contribution is 6.01. The summed E-state index contributed by atoms with van der Waals surface area (Å²) in [5.74, 6) is -0.564. The Morgan fingerprint density at radius 1 is 1.24 bits per heavy atom. The number of esters is 1. The summed E-state index contributed by atoms with van der Waals surface area (Å²) in [4.78, 5) is 27.2. The molecule has 1 aliphatic rings. The van der Waals surface area contributed by atoms with Crippen molar-refractivity contribution in [3.05, 3.63) is 36.5 Å². The first-order chi connectivity index (χ1) is 10.0. The Hall–Kier alpha value is -2.30. The minimum absolute atomic E-state index is 0.225. The van der Waals surface area contributed by atoms with E-state index in [-0.39, 0.29) is 18.5 Å². The van der Waals surface area contributed by atoms with Crippen LogP contribution in [-0.4, -0.2) is 25.2 Å². The van der Waals surface area contributed by atoms with E-state index >= 15 is 0 Å². The Labute approximate surface area is 124 Å². The van der Waals surface area contributed by atoms with Gasteiger partial charge in [-0.05, 0) is 25.5 Å². The number of benzene rings is 1. The zero-order valence-electron chi connectivity index (χ0n) is 12.5. The smallest absolute Gasteiger partial charge is 0.306 e. The Balaban J connectivity index is 2.09. The van der Waals surface area contributed by atoms with Crippen LogP contribution in [0.1, 0.15) is 26.7 Å². The van der Waals surface area contributed by atoms with E-state index in [1.165, 1.54) is 0 Å². The second-order valence-corrected chi connectivity index (χ2v) is 5.03. The molecule has 5 heteroatoms. The average molecular weight is 288 g/mol. The summed E-state index contributed by atoms with van der Waals surface area (Å²) in [6, 6.07) is 7.62. The van der Waals surface area contributed by atoms with Crippen LogP contribution in [0, 0.1) is 0 Å². The van der Waals surface area contributed by atoms with Crippen molar-refractivity contribution < 1.29 is 14.3 Å². The van der Waals surface area contributed by atoms with Crippen LogP contribution < -0.4 is 9.80 Å². The third-order valence-corrected chi connectivity index (χ3v) is 3.32. The largest absolute Gasteiger partial charge is 0.456 e. The number of allylic oxidation sites excluding steroid dienone is 1. The van der Waals surface area contributed by atoms with Crippen LogP contribution in [0.3, 0.4) is 0 Å². The van der Waals surface area contributed by atoms with E-state index in [0.29, 0.717) is 19.5 Å². The number of hydrogen-bond acceptors (Lipinski definition) is 4. The van der Waals surface area contributed by atoms with Gasteiger partial charge in [0.2, 0.25) is 0 Å². The van der Waals surface area contributed by atoms with Crippen molar-refractivity contribution in [1.29, 1.82) is 0 Å². The molecular weight excluding hydrogens is 268 g/mol. The van der Waals surface area contributed by atoms with Gasteiger partial charge in [0.1, 0.15) is 6.67 Å². The molecule has 21 heavy (non-hydrogen) atoms. The predicted molar refractivity (Wildman–Crippen MR) is 82.0 cm³/mol. The number of anilines is 2. The second-order valence-electron chi connectivity index (χ2n) is 5.03. The van der Waals surface area contributed by atoms with E-state index < -0.39 is 0 Å². The van der Waals surface area contributed by atoms with Crippen molar-refractivity contribution in [2.24, 2.45) is 0 Å². The van der Waals surface area contributed by atoms with Gasteiger partial charge in [-0.15, -0.1) is 0 Å². The molecule has 0 aromatic heterocycles. The SMILES string of the molecule is C=C(C)N1CN(C(=O)COC(=O)CCC)c2ccccc21. The number of fused-ring (bicyclic) bond motifs is 1. The van der Waals surface area contributed by atoms with Gasteiger partial charge in [0.05, 0.1) is 11.4 Å². The van der Waals surface area contributed by atoms with Gasteiger partial charge in [0, 0.05) is 12.1 Å². The van der Waals surface area contributed by atoms with Gasteiger partial charge in [-0.1, -0.05) is 25.6 Å². The van der Waals surface area contributed by atoms with Crippen LogP contribution in [-0.2, 0) is 14.3 Å². The quantitative estimate of drug-likeness (QED) is 0.782. The highest BCUT2D eigenvalue weighted by Gasteiger charge is 2.30. The topological polar surface area (TPSA) is 49.9 Å². The van der Waals surface area contributed by atoms with Crippen molar-refractivity contribution in [2.45, 2.75) is 26.7 Å². The number of para-hydroxylation sites is 2. The van der Waals surface area contributed by atoms with Gasteiger partial charge in [0.15, 0.2) is 6.61 Å². The minimum Gasteiger partial charge on any atom is -0.456 e. The summed E-state index contributed by atoms with van der Waals surface area (Å²) in [7, 11) is 0. The molecule has 0 bridgehead atoms. The maximum absolute atomic E-state index is 12.3. The first kappa shape index (κ1) is 15.1. The fourth-order valence-electron chi connectivity index (χ4n) is 2.25. The first-order valence-corrected chi connectivity index (χ1v) is 7.02. The summed E-state index contributed by atoms with van der Waals surface area (Å²) in [6.07, 6.45) is 1.05. The molecule has 0 saturated heterocycles. The summed E-state index contributed by atoms with van der Waals surface area (Å²) < 4.78 is 5.00. The number of carbonyl (C=O) groups is 2. The molecule has 1 aromatic rings. The minimum atomic E-state index is -0.338. The van der Waals surface area contributed by atoms with Gasteiger partial charge >= 0.3 is 5.97 Å². The molecule has 0 N–H and O–H groups in total. The molecule has 1 amide bonds. The Kier molecular flexibility index (Phi) is 4.62. The van der Waals surface area contributed by atoms with Crippen LogP contribution in [0.2, 0.25) is 0 Å². The lowest BCUT2D eigenvalue weighted by atomic mass is 10.2. The number of hydrogen-bond donors (Lipinski definition) is 0. The van der Waals surface area contributed by atoms with E-state index in [1.54, 1.807) is 4.90 Å². The van der Waals surface area contributed by atoms with Crippen LogP contribution in [0.4, 0.5) is 11.4 Å². The third-order valence-electron chi connectivity index (χ3n) is 3.32. The second kappa shape index (κ2) is 6.43. The molecular formula is C16H20N2O3. The molecule has 0 unspecified atom stereocenters. The molecule has 2 rings (SSSR count). The fraction of sp³-hybridized carbons (Fsp3) is 0.375. The lowest BCUT2D eigenvalue weighted by Gasteiger charge is -2.20. The molecule has 1 aliphatic heterocycles. The first-order valence-electron chi connectivity index (χ1n) is 7.02. The molecule has 1 aromatic carbocycles. The zero-order chi connectivity index (χ0) is 15.4. The van der Waals surface area contributed by atoms with Crippen LogP contribution >= 0.6 is 0 Å². The molecule has 5 nitrogen and oxygen atoms in total. The number of ether oxygens (including phenoxy) is 1. The average Bonchev–Trinajstić information content (AvgIpc) is 2.85. The number of carbonyl (C=O) groups excluding carboxylic acids is 2. The van der Waals surface area contributed by atoms with Crippen LogP contribution in [0.5, 0.6) is 0 Å². The van der Waals surface area contributed by atoms with Crippen molar-refractivity contribution in [1.82, 2.24) is 0 Å². The van der Waals surface area contributed by atoms with Gasteiger partial charge in [-0.25, -0.2) is 0 Å². The molecule has 0 spiro atoms. The summed E-state index contributed by atoms with van der Waals surface area (Å²) in [5.41, 5.74) is 2.62. The van der Waals surface area contributed by atoms with Crippen LogP contribution in [0.15, 0.2) is 36.5 Å². The normalized spacial score (nSPS) is 13.0. The van der Waals surface area contributed by atoms with Gasteiger partial charge in [-0.2, -0.15) is 0 Å². The maximum Gasteiger partial charge on any atom is 0.306 e. The molecule has 1 heterocycles. The van der Waals surface area contributed by atoms with E-state index in [1.807, 2.05) is 43.0 Å². The predicted octanol–water partition coefficient (Wildman–Crippen LogP) is 2.67. The van der Waals surface area contributed by atoms with Gasteiger partial charge < -0.3 is 9.64 Å². The van der Waals surface area contributed by atoms with E-state index in [2.05, 4.69) is 6.58 Å². The van der Waals surface area contributed by atoms with E-state index in [4.69, 9.17) is 4.74 Å². The summed E-state index contributed by atoms with van der Waals surface area (Å²) in [6.45, 7) is 7.90. The monoisotopic (exact) mass is 288 g/mol. The van der Waals surface area contributed by atoms with Crippen LogP contribution in [0.25, 0.3) is 0 Å². The molecule has 0 fully saturated rings. The standard InChI is InChI=1S/C16H20N2O3/c1-4-7-16(20)21-10-15(19)18-11-17(12(2)3)13-8-5-6-9-14(13)18/h5-6,8-9H,2,4,7,10-11H2,1,3H3. The molecule has 0 atom stereocenters. The van der Waals surface area contributed by atoms with Crippen molar-refractivity contribution in [2.75, 3.05) is 23.1 Å².